The van der Waals surface area contributed by atoms with E-state index in [9.17, 15) is 0 Å². The molecule has 6 nitrogen and oxygen atoms in total. The summed E-state index contributed by atoms with van der Waals surface area (Å²) in [5.74, 6) is 1.72. The number of hydrogen-bond acceptors (Lipinski definition) is 5. The molecular weight excluding hydrogens is 798 g/mol. The largest absolute Gasteiger partial charge is 0.509 e. The zero-order valence-electron chi connectivity index (χ0n) is 31.8. The van der Waals surface area contributed by atoms with Crippen LogP contribution in [0.4, 0.5) is 17.1 Å². The van der Waals surface area contributed by atoms with E-state index in [-0.39, 0.29) is 26.5 Å². The predicted molar refractivity (Wildman–Crippen MR) is 200 cm³/mol. The first-order valence-electron chi connectivity index (χ1n) is 17.9. The molecule has 0 radical (unpaired) electrons. The molecule has 0 amide bonds. The molecule has 1 aliphatic heterocycles. The molecule has 50 heavy (non-hydrogen) atoms. The van der Waals surface area contributed by atoms with Crippen molar-refractivity contribution in [3.05, 3.63) is 138 Å². The van der Waals surface area contributed by atoms with Crippen LogP contribution in [0, 0.1) is 39.6 Å². The Hall–Kier alpha value is -4.93. The molecule has 0 N–H and O–H groups in total. The summed E-state index contributed by atoms with van der Waals surface area (Å²) in [6, 6.07) is 35.0. The van der Waals surface area contributed by atoms with Gasteiger partial charge in [-0.05, 0) is 91.1 Å². The number of nitrogens with zero attached hydrogens (tertiary/aromatic N) is 5. The molecule has 0 saturated carbocycles. The molecule has 0 bridgehead atoms. The molecule has 4 aromatic carbocycles. The molecule has 0 fully saturated rings. The van der Waals surface area contributed by atoms with E-state index < -0.39 is 6.98 Å². The number of anilines is 3. The number of hydrogen-bond donors (Lipinski definition) is 0. The van der Waals surface area contributed by atoms with E-state index in [1.54, 1.807) is 12.9 Å². The monoisotopic (exact) mass is 838 g/mol. The SMILES string of the molecule is [2H]C([2H])([2H])N1[CH-]N(c2[c-]c(Oc3[c-]c4c(cc3)c3cccnc3n4-c3cc(C(C)(C)C)ccn3)cc(-c3c(C)cc(C)cc3C)c2)c2ccccc21.[Pt]. The van der Waals surface area contributed by atoms with Crippen LogP contribution in [0.15, 0.2) is 97.3 Å². The number of aromatic nitrogens is 3. The second kappa shape index (κ2) is 12.8. The Labute approximate surface area is 312 Å². The predicted octanol–water partition coefficient (Wildman–Crippen LogP) is 10.6. The zero-order valence-corrected chi connectivity index (χ0v) is 31.0. The van der Waals surface area contributed by atoms with Crippen LogP contribution in [0.3, 0.4) is 0 Å². The average Bonchev–Trinajstić information content (AvgIpc) is 3.64. The Balaban J connectivity index is 0.00000435. The van der Waals surface area contributed by atoms with Crippen molar-refractivity contribution in [3.63, 3.8) is 0 Å². The number of rotatable bonds is 5. The number of pyridine rings is 2. The number of aryl methyl sites for hydroxylation is 3. The maximum Gasteiger partial charge on any atom is 0.137 e. The van der Waals surface area contributed by atoms with Gasteiger partial charge >= 0.3 is 0 Å². The maximum absolute atomic E-state index is 8.24. The topological polar surface area (TPSA) is 46.4 Å². The summed E-state index contributed by atoms with van der Waals surface area (Å²) in [7, 11) is 0. The minimum absolute atomic E-state index is 0. The Kier molecular flexibility index (Phi) is 7.63. The Morgan fingerprint density at radius 1 is 0.780 bits per heavy atom. The average molecular weight is 839 g/mol. The van der Waals surface area contributed by atoms with Crippen molar-refractivity contribution >= 4 is 39.0 Å². The van der Waals surface area contributed by atoms with Crippen LogP contribution in [-0.4, -0.2) is 21.5 Å². The fraction of sp³-hybridized carbons (Fsp3) is 0.186. The molecular formula is C43H38N5OPt-3. The first kappa shape index (κ1) is 29.9. The van der Waals surface area contributed by atoms with Crippen molar-refractivity contribution < 1.29 is 29.9 Å². The quantitative estimate of drug-likeness (QED) is 0.162. The van der Waals surface area contributed by atoms with Gasteiger partial charge in [0.1, 0.15) is 11.5 Å². The second-order valence-electron chi connectivity index (χ2n) is 13.8. The van der Waals surface area contributed by atoms with Gasteiger partial charge in [-0.2, -0.15) is 12.7 Å². The summed E-state index contributed by atoms with van der Waals surface area (Å²) in [5.41, 5.74) is 10.1. The van der Waals surface area contributed by atoms with Crippen molar-refractivity contribution in [2.24, 2.45) is 0 Å². The van der Waals surface area contributed by atoms with Gasteiger partial charge in [0.25, 0.3) is 0 Å². The van der Waals surface area contributed by atoms with Crippen LogP contribution < -0.4 is 14.5 Å². The van der Waals surface area contributed by atoms with Crippen molar-refractivity contribution in [2.75, 3.05) is 16.8 Å². The van der Waals surface area contributed by atoms with Crippen molar-refractivity contribution in [2.45, 2.75) is 47.0 Å². The molecule has 7 aromatic rings. The zero-order chi connectivity index (χ0) is 36.5. The molecule has 1 aliphatic rings. The van der Waals surface area contributed by atoms with Gasteiger partial charge in [0.05, 0.1) is 0 Å². The smallest absolute Gasteiger partial charge is 0.137 e. The van der Waals surface area contributed by atoms with Gasteiger partial charge in [-0.3, -0.25) is 0 Å². The molecule has 254 valence electrons. The normalized spacial score (nSPS) is 13.9. The van der Waals surface area contributed by atoms with Crippen LogP contribution in [-0.2, 0) is 26.5 Å². The van der Waals surface area contributed by atoms with Gasteiger partial charge in [-0.15, -0.1) is 47.0 Å². The minimum Gasteiger partial charge on any atom is -0.509 e. The van der Waals surface area contributed by atoms with Gasteiger partial charge in [0, 0.05) is 60.4 Å². The van der Waals surface area contributed by atoms with E-state index in [0.29, 0.717) is 22.9 Å². The number of fused-ring (bicyclic) bond motifs is 4. The van der Waals surface area contributed by atoms with E-state index in [0.717, 1.165) is 61.3 Å². The van der Waals surface area contributed by atoms with Crippen molar-refractivity contribution in [1.29, 1.82) is 0 Å². The van der Waals surface area contributed by atoms with Crippen LogP contribution in [0.2, 0.25) is 0 Å². The summed E-state index contributed by atoms with van der Waals surface area (Å²) in [4.78, 5) is 12.7. The van der Waals surface area contributed by atoms with Gasteiger partial charge in [-0.1, -0.05) is 62.2 Å². The van der Waals surface area contributed by atoms with Crippen LogP contribution in [0.25, 0.3) is 38.9 Å². The molecule has 0 spiro atoms. The van der Waals surface area contributed by atoms with E-state index in [2.05, 4.69) is 84.0 Å². The molecule has 4 heterocycles. The third-order valence-corrected chi connectivity index (χ3v) is 9.16. The standard InChI is InChI=1S/C43H38N5O.Pt/c1-27-19-28(2)41(29(3)20-27)30-21-32(47-26-46(7)37-12-8-9-13-38(37)47)24-34(22-30)49-33-14-15-35-36-11-10-17-45-42(36)48(39(35)25-33)40-23-31(16-18-44-40)43(4,5)6;/h8-23,26H,1-7H3;/q-3;/i7D3;. The molecule has 0 saturated heterocycles. The number of benzene rings is 4. The van der Waals surface area contributed by atoms with E-state index in [1.165, 1.54) is 10.5 Å². The van der Waals surface area contributed by atoms with E-state index in [1.807, 2.05) is 70.3 Å². The Morgan fingerprint density at radius 2 is 1.56 bits per heavy atom. The van der Waals surface area contributed by atoms with E-state index in [4.69, 9.17) is 18.8 Å². The maximum atomic E-state index is 8.24. The fourth-order valence-corrected chi connectivity index (χ4v) is 6.95. The summed E-state index contributed by atoms with van der Waals surface area (Å²) >= 11 is 0. The molecule has 0 unspecified atom stereocenters. The minimum atomic E-state index is -2.37. The Bertz CT molecular complexity index is 2500. The first-order valence-corrected chi connectivity index (χ1v) is 16.4. The van der Waals surface area contributed by atoms with Crippen molar-refractivity contribution in [3.8, 4) is 28.4 Å². The van der Waals surface area contributed by atoms with E-state index >= 15 is 0 Å². The molecule has 0 atom stereocenters. The third-order valence-electron chi connectivity index (χ3n) is 9.16. The molecule has 0 aliphatic carbocycles. The molecule has 7 heteroatoms. The molecule has 3 aromatic heterocycles. The second-order valence-corrected chi connectivity index (χ2v) is 13.8. The van der Waals surface area contributed by atoms with Crippen LogP contribution in [0.1, 0.15) is 47.1 Å². The third kappa shape index (κ3) is 5.86. The van der Waals surface area contributed by atoms with Gasteiger partial charge in [0.2, 0.25) is 0 Å². The summed E-state index contributed by atoms with van der Waals surface area (Å²) in [5, 5.41) is 1.97. The number of para-hydroxylation sites is 2. The van der Waals surface area contributed by atoms with Crippen LogP contribution >= 0.6 is 0 Å². The summed E-state index contributed by atoms with van der Waals surface area (Å²) in [6.07, 6.45) is 3.63. The number of ether oxygens (including phenoxy) is 1. The van der Waals surface area contributed by atoms with Crippen molar-refractivity contribution in [1.82, 2.24) is 14.5 Å². The fourth-order valence-electron chi connectivity index (χ4n) is 6.95. The van der Waals surface area contributed by atoms with Gasteiger partial charge in [0.15, 0.2) is 0 Å². The summed E-state index contributed by atoms with van der Waals surface area (Å²) in [6.45, 7) is 12.1. The first-order chi connectivity index (χ1) is 24.8. The van der Waals surface area contributed by atoms with Crippen LogP contribution in [0.5, 0.6) is 11.5 Å². The Morgan fingerprint density at radius 3 is 2.32 bits per heavy atom. The summed E-state index contributed by atoms with van der Waals surface area (Å²) < 4.78 is 33.4. The van der Waals surface area contributed by atoms with Gasteiger partial charge in [-0.25, -0.2) is 9.97 Å². The van der Waals surface area contributed by atoms with Gasteiger partial charge < -0.3 is 19.1 Å². The molecule has 8 rings (SSSR count).